The molecule has 2 heteroatoms. The second-order valence-corrected chi connectivity index (χ2v) is 7.05. The number of hydrogen-bond acceptors (Lipinski definition) is 0. The van der Waals surface area contributed by atoms with Crippen LogP contribution in [0.5, 0.6) is 0 Å². The Morgan fingerprint density at radius 3 is 2.71 bits per heavy atom. The molecule has 0 bridgehead atoms. The second-order valence-electron chi connectivity index (χ2n) is 3.94. The number of allylic oxidation sites excluding steroid dienone is 6. The van der Waals surface area contributed by atoms with Crippen LogP contribution in [0.15, 0.2) is 35.1 Å². The van der Waals surface area contributed by atoms with Crippen molar-refractivity contribution in [3.8, 4) is 0 Å². The van der Waals surface area contributed by atoms with E-state index in [1.807, 2.05) is 0 Å². The lowest BCUT2D eigenvalue weighted by Crippen LogP contribution is -2.04. The zero-order valence-electron chi connectivity index (χ0n) is 9.72. The van der Waals surface area contributed by atoms with E-state index in [0.717, 1.165) is 5.92 Å². The third kappa shape index (κ3) is 3.10. The predicted molar refractivity (Wildman–Crippen MR) is 72.7 cm³/mol. The average Bonchev–Trinajstić information content (AvgIpc) is 2.40. The molecule has 0 aromatic rings. The summed E-state index contributed by atoms with van der Waals surface area (Å²) >= 11 is 0. The Morgan fingerprint density at radius 2 is 2.14 bits per heavy atom. The third-order valence-electron chi connectivity index (χ3n) is 2.93. The van der Waals surface area contributed by atoms with E-state index < -0.39 is 0 Å². The summed E-state index contributed by atoms with van der Waals surface area (Å²) < 4.78 is 0. The van der Waals surface area contributed by atoms with Crippen molar-refractivity contribution in [3.63, 3.8) is 0 Å². The summed E-state index contributed by atoms with van der Waals surface area (Å²) in [4.78, 5) is 0. The minimum atomic E-state index is 0.0233. The van der Waals surface area contributed by atoms with Crippen LogP contribution in [0.1, 0.15) is 13.3 Å². The van der Waals surface area contributed by atoms with Crippen LogP contribution in [0.4, 0.5) is 0 Å². The highest BCUT2D eigenvalue weighted by Crippen LogP contribution is 2.24. The van der Waals surface area contributed by atoms with E-state index in [9.17, 15) is 0 Å². The van der Waals surface area contributed by atoms with E-state index in [1.165, 1.54) is 12.5 Å². The van der Waals surface area contributed by atoms with E-state index in [1.54, 1.807) is 10.8 Å². The fourth-order valence-electron chi connectivity index (χ4n) is 2.04. The first-order chi connectivity index (χ1) is 6.81. The van der Waals surface area contributed by atoms with Crippen LogP contribution >= 0.6 is 0 Å². The Balaban J connectivity index is 2.83. The summed E-state index contributed by atoms with van der Waals surface area (Å²) in [6.45, 7) is 7.09. The fraction of sp³-hybridized carbons (Fsp3) is 0.500. The topological polar surface area (TPSA) is 0 Å². The summed E-state index contributed by atoms with van der Waals surface area (Å²) in [6.07, 6.45) is 10.7. The highest BCUT2D eigenvalue weighted by Gasteiger charge is 2.10. The maximum atomic E-state index is 2.56. The summed E-state index contributed by atoms with van der Waals surface area (Å²) in [6, 6.07) is 1.46. The maximum Gasteiger partial charge on any atom is 0.0513 e. The van der Waals surface area contributed by atoms with Gasteiger partial charge in [0.15, 0.2) is 0 Å². The van der Waals surface area contributed by atoms with E-state index in [-0.39, 0.29) is 19.0 Å². The van der Waals surface area contributed by atoms with E-state index in [2.05, 4.69) is 44.3 Å². The molecule has 1 unspecified atom stereocenters. The van der Waals surface area contributed by atoms with Crippen LogP contribution in [-0.2, 0) is 0 Å². The molecule has 0 saturated heterocycles. The second kappa shape index (κ2) is 6.20. The average molecular weight is 222 g/mol. The van der Waals surface area contributed by atoms with Crippen LogP contribution in [0.3, 0.4) is 0 Å². The molecule has 0 radical (unpaired) electrons. The Labute approximate surface area is 92.8 Å². The molecule has 78 valence electrons. The minimum Gasteiger partial charge on any atom is -0.0791 e. The van der Waals surface area contributed by atoms with Crippen molar-refractivity contribution in [3.05, 3.63) is 35.1 Å². The van der Waals surface area contributed by atoms with Gasteiger partial charge in [-0.05, 0) is 12.3 Å². The molecule has 0 aromatic carbocycles. The van der Waals surface area contributed by atoms with Crippen molar-refractivity contribution in [1.29, 1.82) is 0 Å². The molecule has 0 fully saturated rings. The van der Waals surface area contributed by atoms with Gasteiger partial charge in [0.1, 0.15) is 0 Å². The lowest BCUT2D eigenvalue weighted by molar-refractivity contribution is 0.805. The minimum absolute atomic E-state index is 0.0233. The molecule has 1 rings (SSSR count). The van der Waals surface area contributed by atoms with Crippen molar-refractivity contribution < 1.29 is 0 Å². The largest absolute Gasteiger partial charge is 0.0791 e. The van der Waals surface area contributed by atoms with Crippen molar-refractivity contribution in [2.75, 3.05) is 0 Å². The van der Waals surface area contributed by atoms with Crippen LogP contribution in [0.25, 0.3) is 0 Å². The molecule has 0 aromatic heterocycles. The van der Waals surface area contributed by atoms with Crippen molar-refractivity contribution >= 4 is 19.0 Å². The monoisotopic (exact) mass is 222 g/mol. The summed E-state index contributed by atoms with van der Waals surface area (Å²) in [5, 5.41) is 1.65. The molecular weight excluding hydrogens is 200 g/mol. The smallest absolute Gasteiger partial charge is 0.0513 e. The van der Waals surface area contributed by atoms with Crippen LogP contribution < -0.4 is 0 Å². The molecule has 0 spiro atoms. The fourth-order valence-corrected chi connectivity index (χ4v) is 4.09. The summed E-state index contributed by atoms with van der Waals surface area (Å²) in [5.41, 5.74) is 1.65. The molecule has 0 saturated carbocycles. The number of hydrogen-bond donors (Lipinski definition) is 0. The predicted octanol–water partition coefficient (Wildman–Crippen LogP) is 2.24. The highest BCUT2D eigenvalue weighted by atomic mass is 28.2. The van der Waals surface area contributed by atoms with Crippen LogP contribution in [-0.4, -0.2) is 19.0 Å². The molecule has 0 nitrogen and oxygen atoms in total. The Morgan fingerprint density at radius 1 is 1.36 bits per heavy atom. The summed E-state index contributed by atoms with van der Waals surface area (Å²) in [7, 11) is 0.208. The first-order valence-corrected chi connectivity index (χ1v) is 10.4. The van der Waals surface area contributed by atoms with Crippen molar-refractivity contribution in [1.82, 2.24) is 0 Å². The van der Waals surface area contributed by atoms with E-state index in [0.29, 0.717) is 0 Å². The van der Waals surface area contributed by atoms with Gasteiger partial charge >= 0.3 is 0 Å². The van der Waals surface area contributed by atoms with Gasteiger partial charge in [-0.2, -0.15) is 0 Å². The Kier molecular flexibility index (Phi) is 5.19. The molecule has 1 aliphatic carbocycles. The van der Waals surface area contributed by atoms with Gasteiger partial charge in [0, 0.05) is 9.52 Å². The van der Waals surface area contributed by atoms with Gasteiger partial charge in [0.25, 0.3) is 0 Å². The first kappa shape index (κ1) is 11.7. The molecule has 0 N–H and O–H groups in total. The molecule has 0 amide bonds. The maximum absolute atomic E-state index is 2.56. The Hall–Kier alpha value is -0.346. The molecule has 1 aliphatic rings. The Bertz CT molecular complexity index is 261. The first-order valence-electron chi connectivity index (χ1n) is 5.89. The summed E-state index contributed by atoms with van der Waals surface area (Å²) in [5.74, 6) is 0.786. The SMILES string of the molecule is CCC1=CC=CC([SiH2]C)=CC1C[SiH2]C. The van der Waals surface area contributed by atoms with Crippen molar-refractivity contribution in [2.45, 2.75) is 32.5 Å². The lowest BCUT2D eigenvalue weighted by Gasteiger charge is -2.14. The third-order valence-corrected chi connectivity index (χ3v) is 5.42. The molecule has 0 aliphatic heterocycles. The van der Waals surface area contributed by atoms with Gasteiger partial charge in [-0.15, -0.1) is 0 Å². The number of rotatable bonds is 4. The van der Waals surface area contributed by atoms with Gasteiger partial charge in [0.2, 0.25) is 0 Å². The quantitative estimate of drug-likeness (QED) is 0.640. The standard InChI is InChI=1S/C12H22Si2/c1-4-10-6-5-7-12(14-3)8-11(10)9-13-2/h5-8,11H,4,9,13-14H2,1-3H3. The lowest BCUT2D eigenvalue weighted by atomic mass is 9.99. The van der Waals surface area contributed by atoms with Crippen LogP contribution in [0, 0.1) is 5.92 Å². The molecule has 14 heavy (non-hydrogen) atoms. The normalized spacial score (nSPS) is 23.2. The van der Waals surface area contributed by atoms with Crippen molar-refractivity contribution in [2.24, 2.45) is 5.92 Å². The zero-order chi connectivity index (χ0) is 10.4. The molecule has 1 atom stereocenters. The zero-order valence-corrected chi connectivity index (χ0v) is 12.5. The molecule has 0 heterocycles. The van der Waals surface area contributed by atoms with E-state index >= 15 is 0 Å². The van der Waals surface area contributed by atoms with Gasteiger partial charge < -0.3 is 0 Å². The molecular formula is C12H22Si2. The van der Waals surface area contributed by atoms with Gasteiger partial charge in [0.05, 0.1) is 9.52 Å². The van der Waals surface area contributed by atoms with Gasteiger partial charge in [-0.1, -0.05) is 61.1 Å². The van der Waals surface area contributed by atoms with Gasteiger partial charge in [-0.3, -0.25) is 0 Å². The highest BCUT2D eigenvalue weighted by molar-refractivity contribution is 6.44. The van der Waals surface area contributed by atoms with Gasteiger partial charge in [-0.25, -0.2) is 0 Å². The van der Waals surface area contributed by atoms with Crippen LogP contribution in [0.2, 0.25) is 19.1 Å². The van der Waals surface area contributed by atoms with E-state index in [4.69, 9.17) is 0 Å².